The number of nitrogens with one attached hydrogen (secondary N) is 1. The van der Waals surface area contributed by atoms with Gasteiger partial charge in [-0.05, 0) is 23.4 Å². The summed E-state index contributed by atoms with van der Waals surface area (Å²) in [5.41, 5.74) is 2.22. The van der Waals surface area contributed by atoms with E-state index >= 15 is 0 Å². The van der Waals surface area contributed by atoms with Gasteiger partial charge in [0.1, 0.15) is 0 Å². The van der Waals surface area contributed by atoms with Crippen molar-refractivity contribution in [3.63, 3.8) is 0 Å². The Morgan fingerprint density at radius 2 is 2.12 bits per heavy atom. The summed E-state index contributed by atoms with van der Waals surface area (Å²) in [7, 11) is 0. The molecule has 1 fully saturated rings. The molecule has 0 bridgehead atoms. The van der Waals surface area contributed by atoms with Crippen molar-refractivity contribution in [2.24, 2.45) is 0 Å². The van der Waals surface area contributed by atoms with Gasteiger partial charge >= 0.3 is 0 Å². The average molecular weight is 368 g/mol. The molecule has 0 radical (unpaired) electrons. The largest absolute Gasteiger partial charge is 0.355 e. The summed E-state index contributed by atoms with van der Waals surface area (Å²) >= 11 is 1.61. The van der Waals surface area contributed by atoms with Crippen LogP contribution in [0.2, 0.25) is 0 Å². The average Bonchev–Trinajstić information content (AvgIpc) is 3.30. The smallest absolute Gasteiger partial charge is 0.234 e. The van der Waals surface area contributed by atoms with Crippen molar-refractivity contribution in [1.82, 2.24) is 20.4 Å². The molecule has 7 heteroatoms. The van der Waals surface area contributed by atoms with Crippen LogP contribution >= 0.6 is 11.3 Å². The van der Waals surface area contributed by atoms with E-state index < -0.39 is 0 Å². The highest BCUT2D eigenvalue weighted by Gasteiger charge is 2.33. The topological polar surface area (TPSA) is 71.3 Å². The maximum absolute atomic E-state index is 12.0. The van der Waals surface area contributed by atoms with E-state index in [0.717, 1.165) is 25.1 Å². The number of thiophene rings is 1. The quantitative estimate of drug-likeness (QED) is 0.694. The highest BCUT2D eigenvalue weighted by atomic mass is 32.1. The molecule has 1 amide bonds. The van der Waals surface area contributed by atoms with Gasteiger partial charge in [-0.3, -0.25) is 9.69 Å². The second kappa shape index (κ2) is 7.80. The molecule has 2 aromatic heterocycles. The van der Waals surface area contributed by atoms with Gasteiger partial charge in [0.15, 0.2) is 0 Å². The normalized spacial score (nSPS) is 14.9. The first-order valence-corrected chi connectivity index (χ1v) is 9.61. The minimum atomic E-state index is 0.0591. The number of likely N-dealkylation sites (tertiary alicyclic amines) is 1. The van der Waals surface area contributed by atoms with Crippen LogP contribution in [0.3, 0.4) is 0 Å². The van der Waals surface area contributed by atoms with E-state index in [1.807, 2.05) is 35.0 Å². The molecule has 6 nitrogen and oxygen atoms in total. The standard InChI is InChI=1S/C19H20N4O2S/c24-17(20-8-6-14-4-2-1-3-5-14)12-23-10-16(11-23)19-21-18(22-25-19)15-7-9-26-13-15/h1-5,7,9,13,16H,6,8,10-12H2,(H,20,24). The van der Waals surface area contributed by atoms with Crippen molar-refractivity contribution in [2.75, 3.05) is 26.2 Å². The first-order valence-electron chi connectivity index (χ1n) is 8.67. The van der Waals surface area contributed by atoms with Crippen LogP contribution < -0.4 is 5.32 Å². The van der Waals surface area contributed by atoms with Crippen molar-refractivity contribution < 1.29 is 9.32 Å². The molecule has 0 unspecified atom stereocenters. The first-order chi connectivity index (χ1) is 12.8. The molecule has 134 valence electrons. The van der Waals surface area contributed by atoms with Gasteiger partial charge in [0.2, 0.25) is 17.6 Å². The number of carbonyl (C=O) groups excluding carboxylic acids is 1. The third-order valence-electron chi connectivity index (χ3n) is 4.47. The first kappa shape index (κ1) is 16.9. The van der Waals surface area contributed by atoms with E-state index in [1.54, 1.807) is 11.3 Å². The molecule has 1 aliphatic heterocycles. The fourth-order valence-electron chi connectivity index (χ4n) is 3.02. The van der Waals surface area contributed by atoms with Crippen LogP contribution in [0, 0.1) is 0 Å². The van der Waals surface area contributed by atoms with E-state index in [2.05, 4.69) is 32.5 Å². The fraction of sp³-hybridized carbons (Fsp3) is 0.316. The highest BCUT2D eigenvalue weighted by Crippen LogP contribution is 2.27. The molecule has 0 saturated carbocycles. The highest BCUT2D eigenvalue weighted by molar-refractivity contribution is 7.08. The number of amides is 1. The van der Waals surface area contributed by atoms with Gasteiger partial charge in [0.25, 0.3) is 0 Å². The van der Waals surface area contributed by atoms with Crippen LogP contribution in [-0.4, -0.2) is 47.1 Å². The summed E-state index contributed by atoms with van der Waals surface area (Å²) in [5.74, 6) is 1.57. The molecule has 26 heavy (non-hydrogen) atoms. The minimum absolute atomic E-state index is 0.0591. The molecule has 4 rings (SSSR count). The molecule has 1 aromatic carbocycles. The van der Waals surface area contributed by atoms with Gasteiger partial charge in [0, 0.05) is 30.6 Å². The zero-order valence-electron chi connectivity index (χ0n) is 14.3. The van der Waals surface area contributed by atoms with Crippen molar-refractivity contribution in [2.45, 2.75) is 12.3 Å². The number of rotatable bonds is 7. The number of hydrogen-bond acceptors (Lipinski definition) is 6. The third kappa shape index (κ3) is 4.00. The molecular formula is C19H20N4O2S. The fourth-order valence-corrected chi connectivity index (χ4v) is 3.65. The third-order valence-corrected chi connectivity index (χ3v) is 5.16. The van der Waals surface area contributed by atoms with Crippen LogP contribution in [0.25, 0.3) is 11.4 Å². The number of benzene rings is 1. The predicted octanol–water partition coefficient (Wildman–Crippen LogP) is 2.56. The molecule has 0 atom stereocenters. The Hall–Kier alpha value is -2.51. The summed E-state index contributed by atoms with van der Waals surface area (Å²) in [6.45, 7) is 2.62. The Morgan fingerprint density at radius 1 is 1.27 bits per heavy atom. The molecule has 1 aliphatic rings. The lowest BCUT2D eigenvalue weighted by Crippen LogP contribution is -2.49. The molecule has 0 aliphatic carbocycles. The van der Waals surface area contributed by atoms with E-state index in [9.17, 15) is 4.79 Å². The monoisotopic (exact) mass is 368 g/mol. The molecule has 3 aromatic rings. The summed E-state index contributed by atoms with van der Waals surface area (Å²) in [6, 6.07) is 12.1. The molecule has 1 N–H and O–H groups in total. The van der Waals surface area contributed by atoms with Gasteiger partial charge < -0.3 is 9.84 Å². The second-order valence-electron chi connectivity index (χ2n) is 6.44. The van der Waals surface area contributed by atoms with Crippen LogP contribution in [0.5, 0.6) is 0 Å². The number of aromatic nitrogens is 2. The molecular weight excluding hydrogens is 348 g/mol. The number of nitrogens with zero attached hydrogens (tertiary/aromatic N) is 3. The lowest BCUT2D eigenvalue weighted by Gasteiger charge is -2.36. The summed E-state index contributed by atoms with van der Waals surface area (Å²) in [4.78, 5) is 18.6. The van der Waals surface area contributed by atoms with Gasteiger partial charge in [-0.25, -0.2) is 0 Å². The van der Waals surface area contributed by atoms with Gasteiger partial charge in [-0.1, -0.05) is 35.5 Å². The minimum Gasteiger partial charge on any atom is -0.355 e. The van der Waals surface area contributed by atoms with E-state index in [0.29, 0.717) is 24.8 Å². The summed E-state index contributed by atoms with van der Waals surface area (Å²) < 4.78 is 5.38. The Balaban J connectivity index is 1.18. The van der Waals surface area contributed by atoms with E-state index in [4.69, 9.17) is 4.52 Å². The van der Waals surface area contributed by atoms with Crippen LogP contribution in [0.4, 0.5) is 0 Å². The van der Waals surface area contributed by atoms with Crippen LogP contribution in [0.15, 0.2) is 51.7 Å². The Kier molecular flexibility index (Phi) is 5.08. The Labute approximate surface area is 155 Å². The zero-order chi connectivity index (χ0) is 17.8. The Morgan fingerprint density at radius 3 is 2.88 bits per heavy atom. The van der Waals surface area contributed by atoms with Gasteiger partial charge in [0.05, 0.1) is 12.5 Å². The van der Waals surface area contributed by atoms with Gasteiger partial charge in [-0.2, -0.15) is 16.3 Å². The van der Waals surface area contributed by atoms with E-state index in [1.165, 1.54) is 5.56 Å². The van der Waals surface area contributed by atoms with Crippen molar-refractivity contribution in [1.29, 1.82) is 0 Å². The van der Waals surface area contributed by atoms with Gasteiger partial charge in [-0.15, -0.1) is 0 Å². The van der Waals surface area contributed by atoms with Crippen molar-refractivity contribution >= 4 is 17.2 Å². The van der Waals surface area contributed by atoms with Crippen LogP contribution in [-0.2, 0) is 11.2 Å². The number of carbonyl (C=O) groups is 1. The zero-order valence-corrected chi connectivity index (χ0v) is 15.1. The number of hydrogen-bond donors (Lipinski definition) is 1. The van der Waals surface area contributed by atoms with Crippen molar-refractivity contribution in [3.8, 4) is 11.4 Å². The molecule has 0 spiro atoms. The second-order valence-corrected chi connectivity index (χ2v) is 7.22. The van der Waals surface area contributed by atoms with Crippen LogP contribution in [0.1, 0.15) is 17.4 Å². The summed E-state index contributed by atoms with van der Waals surface area (Å²) in [5, 5.41) is 11.0. The molecule has 3 heterocycles. The van der Waals surface area contributed by atoms with E-state index in [-0.39, 0.29) is 11.8 Å². The maximum atomic E-state index is 12.0. The van der Waals surface area contributed by atoms with Crippen molar-refractivity contribution in [3.05, 3.63) is 58.6 Å². The molecule has 1 saturated heterocycles. The summed E-state index contributed by atoms with van der Waals surface area (Å²) in [6.07, 6.45) is 0.850. The Bertz CT molecular complexity index is 842. The maximum Gasteiger partial charge on any atom is 0.234 e. The predicted molar refractivity (Wildman–Crippen MR) is 99.9 cm³/mol. The SMILES string of the molecule is O=C(CN1CC(c2nc(-c3ccsc3)no2)C1)NCCc1ccccc1. The lowest BCUT2D eigenvalue weighted by molar-refractivity contribution is -0.123. The lowest BCUT2D eigenvalue weighted by atomic mass is 10.0.